The summed E-state index contributed by atoms with van der Waals surface area (Å²) in [7, 11) is 0. The van der Waals surface area contributed by atoms with Gasteiger partial charge in [-0.15, -0.1) is 0 Å². The van der Waals surface area contributed by atoms with Crippen molar-refractivity contribution in [3.05, 3.63) is 42.3 Å². The van der Waals surface area contributed by atoms with Crippen molar-refractivity contribution in [2.24, 2.45) is 0 Å². The second kappa shape index (κ2) is 7.92. The van der Waals surface area contributed by atoms with E-state index in [9.17, 15) is 4.79 Å². The molecule has 0 atom stereocenters. The van der Waals surface area contributed by atoms with Crippen LogP contribution in [0.1, 0.15) is 38.4 Å². The molecule has 0 spiro atoms. The molecular formula is C18H23N5O2. The summed E-state index contributed by atoms with van der Waals surface area (Å²) in [4.78, 5) is 23.0. The van der Waals surface area contributed by atoms with Gasteiger partial charge in [0.05, 0.1) is 23.9 Å². The van der Waals surface area contributed by atoms with Gasteiger partial charge in [0.25, 0.3) is 0 Å². The minimum atomic E-state index is 0.0714. The maximum atomic E-state index is 12.5. The summed E-state index contributed by atoms with van der Waals surface area (Å²) < 4.78 is 7.19. The molecule has 0 bridgehead atoms. The van der Waals surface area contributed by atoms with Gasteiger partial charge in [-0.05, 0) is 25.5 Å². The molecule has 132 valence electrons. The van der Waals surface area contributed by atoms with Gasteiger partial charge in [-0.3, -0.25) is 4.79 Å². The molecule has 2 heterocycles. The van der Waals surface area contributed by atoms with Gasteiger partial charge in [-0.25, -0.2) is 4.98 Å². The molecule has 0 unspecified atom stereocenters. The normalized spacial score (nSPS) is 11.1. The first-order valence-electron chi connectivity index (χ1n) is 8.70. The van der Waals surface area contributed by atoms with Crippen LogP contribution in [0, 0.1) is 0 Å². The second-order valence-corrected chi connectivity index (χ2v) is 5.94. The first-order chi connectivity index (χ1) is 12.2. The fourth-order valence-corrected chi connectivity index (χ4v) is 2.78. The number of carbonyl (C=O) groups excluding carboxylic acids is 1. The minimum absolute atomic E-state index is 0.0714. The van der Waals surface area contributed by atoms with E-state index in [1.807, 2.05) is 35.8 Å². The molecule has 7 heteroatoms. The van der Waals surface area contributed by atoms with Crippen molar-refractivity contribution >= 4 is 16.9 Å². The SMILES string of the molecule is CCCc1nc(CN(CC)C(=O)CCn2cnc3ccccc32)no1. The number of hydrogen-bond donors (Lipinski definition) is 0. The number of aromatic nitrogens is 4. The summed E-state index contributed by atoms with van der Waals surface area (Å²) in [6.07, 6.45) is 3.91. The van der Waals surface area contributed by atoms with E-state index >= 15 is 0 Å². The van der Waals surface area contributed by atoms with E-state index in [-0.39, 0.29) is 5.91 Å². The molecule has 0 aliphatic rings. The van der Waals surface area contributed by atoms with Gasteiger partial charge in [0, 0.05) is 25.9 Å². The van der Waals surface area contributed by atoms with Crippen LogP contribution in [-0.4, -0.2) is 37.0 Å². The molecule has 3 rings (SSSR count). The summed E-state index contributed by atoms with van der Waals surface area (Å²) in [6.45, 7) is 5.61. The van der Waals surface area contributed by atoms with Crippen LogP contribution in [0.25, 0.3) is 11.0 Å². The number of benzene rings is 1. The van der Waals surface area contributed by atoms with Crippen molar-refractivity contribution in [2.45, 2.75) is 46.2 Å². The summed E-state index contributed by atoms with van der Waals surface area (Å²) in [5.41, 5.74) is 1.98. The van der Waals surface area contributed by atoms with Crippen molar-refractivity contribution in [3.8, 4) is 0 Å². The third-order valence-electron chi connectivity index (χ3n) is 4.13. The molecule has 3 aromatic rings. The molecule has 1 amide bonds. The van der Waals surface area contributed by atoms with Crippen LogP contribution in [0.3, 0.4) is 0 Å². The van der Waals surface area contributed by atoms with Crippen molar-refractivity contribution in [1.29, 1.82) is 0 Å². The van der Waals surface area contributed by atoms with E-state index in [0.29, 0.717) is 37.8 Å². The molecule has 0 saturated carbocycles. The molecule has 7 nitrogen and oxygen atoms in total. The molecule has 2 aromatic heterocycles. The zero-order valence-electron chi connectivity index (χ0n) is 14.7. The highest BCUT2D eigenvalue weighted by molar-refractivity contribution is 5.77. The highest BCUT2D eigenvalue weighted by atomic mass is 16.5. The number of amides is 1. The van der Waals surface area contributed by atoms with Crippen LogP contribution in [0.15, 0.2) is 35.1 Å². The topological polar surface area (TPSA) is 77.1 Å². The van der Waals surface area contributed by atoms with Crippen molar-refractivity contribution < 1.29 is 9.32 Å². The van der Waals surface area contributed by atoms with E-state index in [0.717, 1.165) is 23.9 Å². The van der Waals surface area contributed by atoms with Crippen LogP contribution < -0.4 is 0 Å². The highest BCUT2D eigenvalue weighted by Gasteiger charge is 2.16. The lowest BCUT2D eigenvalue weighted by molar-refractivity contribution is -0.131. The zero-order chi connectivity index (χ0) is 17.6. The predicted octanol–water partition coefficient (Wildman–Crippen LogP) is 2.81. The van der Waals surface area contributed by atoms with Gasteiger partial charge in [0.15, 0.2) is 5.82 Å². The van der Waals surface area contributed by atoms with E-state index in [1.54, 1.807) is 11.2 Å². The van der Waals surface area contributed by atoms with Gasteiger partial charge in [0.1, 0.15) is 0 Å². The Kier molecular flexibility index (Phi) is 5.42. The number of fused-ring (bicyclic) bond motifs is 1. The lowest BCUT2D eigenvalue weighted by atomic mass is 10.3. The molecule has 0 aliphatic carbocycles. The Labute approximate surface area is 146 Å². The third-order valence-corrected chi connectivity index (χ3v) is 4.13. The predicted molar refractivity (Wildman–Crippen MR) is 93.7 cm³/mol. The standard InChI is InChI=1S/C18H23N5O2/c1-3-7-17-20-16(21-25-17)12-22(4-2)18(24)10-11-23-13-19-14-8-5-6-9-15(14)23/h5-6,8-9,13H,3-4,7,10-12H2,1-2H3. The van der Waals surface area contributed by atoms with Crippen molar-refractivity contribution in [3.63, 3.8) is 0 Å². The molecule has 25 heavy (non-hydrogen) atoms. The summed E-state index contributed by atoms with van der Waals surface area (Å²) in [6, 6.07) is 7.92. The largest absolute Gasteiger partial charge is 0.339 e. The Balaban J connectivity index is 1.60. The number of imidazole rings is 1. The molecule has 0 saturated heterocycles. The van der Waals surface area contributed by atoms with Crippen LogP contribution in [0.2, 0.25) is 0 Å². The fraction of sp³-hybridized carbons (Fsp3) is 0.444. The first-order valence-corrected chi connectivity index (χ1v) is 8.70. The van der Waals surface area contributed by atoms with Gasteiger partial charge in [0.2, 0.25) is 11.8 Å². The number of aryl methyl sites for hydroxylation is 2. The van der Waals surface area contributed by atoms with Gasteiger partial charge >= 0.3 is 0 Å². The Morgan fingerprint density at radius 1 is 1.28 bits per heavy atom. The second-order valence-electron chi connectivity index (χ2n) is 5.94. The Morgan fingerprint density at radius 3 is 2.92 bits per heavy atom. The molecule has 0 fully saturated rings. The number of nitrogens with zero attached hydrogens (tertiary/aromatic N) is 5. The lowest BCUT2D eigenvalue weighted by Crippen LogP contribution is -2.31. The maximum absolute atomic E-state index is 12.5. The monoisotopic (exact) mass is 341 g/mol. The molecular weight excluding hydrogens is 318 g/mol. The van der Waals surface area contributed by atoms with Crippen molar-refractivity contribution in [1.82, 2.24) is 24.6 Å². The zero-order valence-corrected chi connectivity index (χ0v) is 14.7. The Hall–Kier alpha value is -2.70. The number of para-hydroxylation sites is 2. The van der Waals surface area contributed by atoms with Crippen LogP contribution >= 0.6 is 0 Å². The van der Waals surface area contributed by atoms with Gasteiger partial charge in [-0.2, -0.15) is 4.98 Å². The third kappa shape index (κ3) is 4.04. The fourth-order valence-electron chi connectivity index (χ4n) is 2.78. The molecule has 0 aliphatic heterocycles. The number of rotatable bonds is 8. The number of carbonyl (C=O) groups is 1. The van der Waals surface area contributed by atoms with Crippen LogP contribution in [-0.2, 0) is 24.3 Å². The smallest absolute Gasteiger partial charge is 0.226 e. The molecule has 1 aromatic carbocycles. The minimum Gasteiger partial charge on any atom is -0.339 e. The van der Waals surface area contributed by atoms with Crippen molar-refractivity contribution in [2.75, 3.05) is 6.54 Å². The summed E-state index contributed by atoms with van der Waals surface area (Å²) >= 11 is 0. The molecule has 0 radical (unpaired) electrons. The van der Waals surface area contributed by atoms with Gasteiger partial charge < -0.3 is 14.0 Å². The first kappa shape index (κ1) is 17.1. The Morgan fingerprint density at radius 2 is 2.12 bits per heavy atom. The Bertz CT molecular complexity index is 839. The maximum Gasteiger partial charge on any atom is 0.226 e. The van der Waals surface area contributed by atoms with Gasteiger partial charge in [-0.1, -0.05) is 24.2 Å². The summed E-state index contributed by atoms with van der Waals surface area (Å²) in [5.74, 6) is 1.26. The van der Waals surface area contributed by atoms with E-state index in [2.05, 4.69) is 22.0 Å². The van der Waals surface area contributed by atoms with E-state index in [1.165, 1.54) is 0 Å². The number of hydrogen-bond acceptors (Lipinski definition) is 5. The average molecular weight is 341 g/mol. The van der Waals surface area contributed by atoms with Crippen LogP contribution in [0.4, 0.5) is 0 Å². The van der Waals surface area contributed by atoms with Crippen LogP contribution in [0.5, 0.6) is 0 Å². The molecule has 0 N–H and O–H groups in total. The average Bonchev–Trinajstić information content (AvgIpc) is 3.24. The van der Waals surface area contributed by atoms with E-state index < -0.39 is 0 Å². The van der Waals surface area contributed by atoms with E-state index in [4.69, 9.17) is 4.52 Å². The summed E-state index contributed by atoms with van der Waals surface area (Å²) in [5, 5.41) is 3.96. The quantitative estimate of drug-likeness (QED) is 0.629. The highest BCUT2D eigenvalue weighted by Crippen LogP contribution is 2.13. The lowest BCUT2D eigenvalue weighted by Gasteiger charge is -2.19.